The highest BCUT2D eigenvalue weighted by atomic mass is 79.9. The molecule has 1 aliphatic heterocycles. The predicted molar refractivity (Wildman–Crippen MR) is 81.3 cm³/mol. The maximum Gasteiger partial charge on any atom is 0.124 e. The zero-order valence-electron chi connectivity index (χ0n) is 11.3. The van der Waals surface area contributed by atoms with Gasteiger partial charge in [-0.2, -0.15) is 0 Å². The molecule has 2 aliphatic rings. The highest BCUT2D eigenvalue weighted by Gasteiger charge is 2.28. The summed E-state index contributed by atoms with van der Waals surface area (Å²) in [6.45, 7) is 0. The van der Waals surface area contributed by atoms with E-state index in [1.807, 2.05) is 12.1 Å². The van der Waals surface area contributed by atoms with Crippen LogP contribution in [0.4, 0.5) is 0 Å². The SMILES string of the molecule is NC1CC(CC2CCCCC2)Oc2ccc(Br)cc21. The van der Waals surface area contributed by atoms with Gasteiger partial charge in [0.25, 0.3) is 0 Å². The van der Waals surface area contributed by atoms with E-state index < -0.39 is 0 Å². The standard InChI is InChI=1S/C16H22BrNO/c17-12-6-7-16-14(9-12)15(18)10-13(19-16)8-11-4-2-1-3-5-11/h6-7,9,11,13,15H,1-5,8,10,18H2. The third-order valence-electron chi connectivity index (χ3n) is 4.50. The van der Waals surface area contributed by atoms with Crippen molar-refractivity contribution in [1.29, 1.82) is 0 Å². The minimum atomic E-state index is 0.120. The number of hydrogen-bond donors (Lipinski definition) is 1. The third kappa shape index (κ3) is 3.14. The molecule has 0 bridgehead atoms. The number of fused-ring (bicyclic) bond motifs is 1. The Morgan fingerprint density at radius 2 is 2.00 bits per heavy atom. The first kappa shape index (κ1) is 13.4. The zero-order chi connectivity index (χ0) is 13.2. The van der Waals surface area contributed by atoms with Gasteiger partial charge in [0.05, 0.1) is 0 Å². The fourth-order valence-corrected chi connectivity index (χ4v) is 3.87. The molecule has 0 spiro atoms. The second kappa shape index (κ2) is 5.84. The molecule has 2 nitrogen and oxygen atoms in total. The molecule has 19 heavy (non-hydrogen) atoms. The Morgan fingerprint density at radius 1 is 1.21 bits per heavy atom. The van der Waals surface area contributed by atoms with Gasteiger partial charge in [0.1, 0.15) is 11.9 Å². The number of benzene rings is 1. The monoisotopic (exact) mass is 323 g/mol. The van der Waals surface area contributed by atoms with Crippen LogP contribution in [0.3, 0.4) is 0 Å². The van der Waals surface area contributed by atoms with Crippen LogP contribution in [0, 0.1) is 5.92 Å². The van der Waals surface area contributed by atoms with Gasteiger partial charge < -0.3 is 10.5 Å². The minimum Gasteiger partial charge on any atom is -0.490 e. The van der Waals surface area contributed by atoms with Crippen LogP contribution in [0.2, 0.25) is 0 Å². The summed E-state index contributed by atoms with van der Waals surface area (Å²) >= 11 is 3.50. The summed E-state index contributed by atoms with van der Waals surface area (Å²) in [6, 6.07) is 6.30. The first-order valence-electron chi connectivity index (χ1n) is 7.44. The van der Waals surface area contributed by atoms with E-state index in [1.54, 1.807) is 0 Å². The van der Waals surface area contributed by atoms with E-state index in [4.69, 9.17) is 10.5 Å². The second-order valence-electron chi connectivity index (χ2n) is 6.00. The van der Waals surface area contributed by atoms with Crippen LogP contribution < -0.4 is 10.5 Å². The van der Waals surface area contributed by atoms with Crippen molar-refractivity contribution in [1.82, 2.24) is 0 Å². The van der Waals surface area contributed by atoms with Crippen molar-refractivity contribution in [3.8, 4) is 5.75 Å². The Labute approximate surface area is 123 Å². The Hall–Kier alpha value is -0.540. The Balaban J connectivity index is 1.68. The third-order valence-corrected chi connectivity index (χ3v) is 5.00. The lowest BCUT2D eigenvalue weighted by Gasteiger charge is -2.33. The number of halogens is 1. The van der Waals surface area contributed by atoms with Crippen LogP contribution >= 0.6 is 15.9 Å². The zero-order valence-corrected chi connectivity index (χ0v) is 12.9. The van der Waals surface area contributed by atoms with Gasteiger partial charge in [-0.1, -0.05) is 48.0 Å². The summed E-state index contributed by atoms with van der Waals surface area (Å²) in [6.07, 6.45) is 9.42. The van der Waals surface area contributed by atoms with Gasteiger partial charge in [-0.3, -0.25) is 0 Å². The molecular formula is C16H22BrNO. The molecule has 1 aliphatic carbocycles. The Kier molecular flexibility index (Phi) is 4.13. The smallest absolute Gasteiger partial charge is 0.124 e. The van der Waals surface area contributed by atoms with Crippen molar-refractivity contribution in [2.24, 2.45) is 11.7 Å². The largest absolute Gasteiger partial charge is 0.490 e. The molecule has 1 aromatic rings. The number of nitrogens with two attached hydrogens (primary N) is 1. The summed E-state index contributed by atoms with van der Waals surface area (Å²) in [5.41, 5.74) is 7.46. The van der Waals surface area contributed by atoms with Gasteiger partial charge in [-0.05, 0) is 30.5 Å². The molecule has 2 unspecified atom stereocenters. The van der Waals surface area contributed by atoms with E-state index in [9.17, 15) is 0 Å². The van der Waals surface area contributed by atoms with Gasteiger partial charge in [0, 0.05) is 22.5 Å². The molecule has 0 saturated heterocycles. The highest BCUT2D eigenvalue weighted by Crippen LogP contribution is 2.38. The second-order valence-corrected chi connectivity index (χ2v) is 6.92. The summed E-state index contributed by atoms with van der Waals surface area (Å²) < 4.78 is 7.24. The maximum absolute atomic E-state index is 6.31. The Morgan fingerprint density at radius 3 is 2.79 bits per heavy atom. The van der Waals surface area contributed by atoms with Crippen molar-refractivity contribution in [3.63, 3.8) is 0 Å². The van der Waals surface area contributed by atoms with Crippen molar-refractivity contribution in [2.75, 3.05) is 0 Å². The molecule has 0 aromatic heterocycles. The van der Waals surface area contributed by atoms with Crippen LogP contribution in [-0.4, -0.2) is 6.10 Å². The molecule has 1 fully saturated rings. The topological polar surface area (TPSA) is 35.2 Å². The van der Waals surface area contributed by atoms with E-state index in [2.05, 4.69) is 22.0 Å². The molecule has 3 heteroatoms. The summed E-state index contributed by atoms with van der Waals surface area (Å²) in [7, 11) is 0. The van der Waals surface area contributed by atoms with Gasteiger partial charge in [0.15, 0.2) is 0 Å². The fraction of sp³-hybridized carbons (Fsp3) is 0.625. The van der Waals surface area contributed by atoms with Crippen molar-refractivity contribution < 1.29 is 4.74 Å². The van der Waals surface area contributed by atoms with E-state index in [1.165, 1.54) is 38.5 Å². The van der Waals surface area contributed by atoms with Crippen molar-refractivity contribution in [2.45, 2.75) is 57.1 Å². The van der Waals surface area contributed by atoms with Crippen LogP contribution in [0.5, 0.6) is 5.75 Å². The summed E-state index contributed by atoms with van der Waals surface area (Å²) in [5, 5.41) is 0. The molecule has 1 aromatic carbocycles. The lowest BCUT2D eigenvalue weighted by molar-refractivity contribution is 0.120. The van der Waals surface area contributed by atoms with Gasteiger partial charge in [0.2, 0.25) is 0 Å². The maximum atomic E-state index is 6.31. The van der Waals surface area contributed by atoms with Crippen molar-refractivity contribution >= 4 is 15.9 Å². The quantitative estimate of drug-likeness (QED) is 0.865. The number of ether oxygens (including phenoxy) is 1. The Bertz CT molecular complexity index is 442. The first-order valence-corrected chi connectivity index (χ1v) is 8.23. The molecule has 104 valence electrons. The van der Waals surface area contributed by atoms with Crippen molar-refractivity contribution in [3.05, 3.63) is 28.2 Å². The first-order chi connectivity index (χ1) is 9.22. The van der Waals surface area contributed by atoms with E-state index in [-0.39, 0.29) is 6.04 Å². The van der Waals surface area contributed by atoms with Crippen LogP contribution in [0.25, 0.3) is 0 Å². The molecule has 1 saturated carbocycles. The molecule has 0 radical (unpaired) electrons. The molecule has 1 heterocycles. The lowest BCUT2D eigenvalue weighted by Crippen LogP contribution is -2.31. The normalized spacial score (nSPS) is 27.7. The number of hydrogen-bond acceptors (Lipinski definition) is 2. The number of rotatable bonds is 2. The fourth-order valence-electron chi connectivity index (χ4n) is 3.49. The summed E-state index contributed by atoms with van der Waals surface area (Å²) in [4.78, 5) is 0. The van der Waals surface area contributed by atoms with Crippen LogP contribution in [-0.2, 0) is 0 Å². The highest BCUT2D eigenvalue weighted by molar-refractivity contribution is 9.10. The van der Waals surface area contributed by atoms with Gasteiger partial charge in [-0.25, -0.2) is 0 Å². The van der Waals surface area contributed by atoms with Gasteiger partial charge in [-0.15, -0.1) is 0 Å². The lowest BCUT2D eigenvalue weighted by atomic mass is 9.83. The average molecular weight is 324 g/mol. The van der Waals surface area contributed by atoms with E-state index in [0.717, 1.165) is 28.1 Å². The minimum absolute atomic E-state index is 0.120. The molecule has 2 N–H and O–H groups in total. The molecule has 3 rings (SSSR count). The molecule has 0 amide bonds. The summed E-state index contributed by atoms with van der Waals surface area (Å²) in [5.74, 6) is 1.84. The molecular weight excluding hydrogens is 302 g/mol. The average Bonchev–Trinajstić information content (AvgIpc) is 2.41. The van der Waals surface area contributed by atoms with E-state index >= 15 is 0 Å². The molecule has 2 atom stereocenters. The van der Waals surface area contributed by atoms with E-state index in [0.29, 0.717) is 6.10 Å². The predicted octanol–water partition coefficient (Wildman–Crippen LogP) is 4.57. The van der Waals surface area contributed by atoms with Crippen LogP contribution in [0.15, 0.2) is 22.7 Å². The van der Waals surface area contributed by atoms with Gasteiger partial charge >= 0.3 is 0 Å². The van der Waals surface area contributed by atoms with Crippen LogP contribution in [0.1, 0.15) is 56.6 Å².